The number of amides is 1. The molecule has 0 radical (unpaired) electrons. The molecular weight excluding hydrogens is 438 g/mol. The van der Waals surface area contributed by atoms with Crippen molar-refractivity contribution in [3.63, 3.8) is 0 Å². The Balaban J connectivity index is 1.17. The number of hydrogen-bond acceptors (Lipinski definition) is 9. The SMILES string of the molecule is CC1(c2cc(NC(=O)n3ccc4cc(Oc5cc(Cn6ncnn6)ncn5)ccc43)no2)CC1. The van der Waals surface area contributed by atoms with E-state index in [2.05, 4.69) is 42.8 Å². The van der Waals surface area contributed by atoms with E-state index in [4.69, 9.17) is 9.26 Å². The summed E-state index contributed by atoms with van der Waals surface area (Å²) in [7, 11) is 0. The molecule has 1 aliphatic carbocycles. The average Bonchev–Trinajstić information content (AvgIpc) is 3.26. The number of nitrogens with zero attached hydrogens (tertiary/aromatic N) is 8. The van der Waals surface area contributed by atoms with Gasteiger partial charge in [0.15, 0.2) is 12.1 Å². The zero-order chi connectivity index (χ0) is 23.1. The van der Waals surface area contributed by atoms with Crippen LogP contribution < -0.4 is 10.1 Å². The van der Waals surface area contributed by atoms with E-state index in [0.29, 0.717) is 29.7 Å². The van der Waals surface area contributed by atoms with Gasteiger partial charge >= 0.3 is 6.03 Å². The number of tetrazole rings is 1. The van der Waals surface area contributed by atoms with Crippen molar-refractivity contribution in [3.05, 3.63) is 66.7 Å². The first-order valence-corrected chi connectivity index (χ1v) is 10.6. The third-order valence-electron chi connectivity index (χ3n) is 5.84. The van der Waals surface area contributed by atoms with Crippen molar-refractivity contribution < 1.29 is 14.1 Å². The first-order chi connectivity index (χ1) is 16.6. The highest BCUT2D eigenvalue weighted by atomic mass is 16.5. The van der Waals surface area contributed by atoms with Crippen LogP contribution in [-0.2, 0) is 12.0 Å². The number of carbonyl (C=O) groups excluding carboxylic acids is 1. The second kappa shape index (κ2) is 7.76. The smallest absolute Gasteiger partial charge is 0.331 e. The maximum absolute atomic E-state index is 12.8. The molecule has 0 bridgehead atoms. The highest BCUT2D eigenvalue weighted by Crippen LogP contribution is 2.48. The van der Waals surface area contributed by atoms with Gasteiger partial charge in [-0.3, -0.25) is 9.88 Å². The second-order valence-electron chi connectivity index (χ2n) is 8.39. The molecule has 12 nitrogen and oxygen atoms in total. The van der Waals surface area contributed by atoms with Crippen LogP contribution in [0.5, 0.6) is 11.6 Å². The highest BCUT2D eigenvalue weighted by Gasteiger charge is 2.43. The molecule has 0 atom stereocenters. The van der Waals surface area contributed by atoms with E-state index in [1.807, 2.05) is 18.2 Å². The molecule has 0 unspecified atom stereocenters. The quantitative estimate of drug-likeness (QED) is 0.406. The summed E-state index contributed by atoms with van der Waals surface area (Å²) in [6.45, 7) is 2.47. The number of aromatic nitrogens is 8. The van der Waals surface area contributed by atoms with E-state index < -0.39 is 0 Å². The molecule has 1 aromatic carbocycles. The van der Waals surface area contributed by atoms with Gasteiger partial charge in [-0.2, -0.15) is 4.80 Å². The molecule has 12 heteroatoms. The molecule has 170 valence electrons. The molecule has 0 aliphatic heterocycles. The van der Waals surface area contributed by atoms with Gasteiger partial charge in [-0.05, 0) is 42.3 Å². The van der Waals surface area contributed by atoms with Crippen LogP contribution in [0.25, 0.3) is 10.9 Å². The lowest BCUT2D eigenvalue weighted by atomic mass is 10.1. The van der Waals surface area contributed by atoms with Crippen molar-refractivity contribution >= 4 is 22.8 Å². The van der Waals surface area contributed by atoms with E-state index in [1.54, 1.807) is 24.4 Å². The van der Waals surface area contributed by atoms with E-state index in [9.17, 15) is 4.79 Å². The Morgan fingerprint density at radius 2 is 2.09 bits per heavy atom. The lowest BCUT2D eigenvalue weighted by Crippen LogP contribution is -2.18. The number of ether oxygens (including phenoxy) is 1. The summed E-state index contributed by atoms with van der Waals surface area (Å²) >= 11 is 0. The van der Waals surface area contributed by atoms with E-state index >= 15 is 0 Å². The Morgan fingerprint density at radius 3 is 2.91 bits per heavy atom. The van der Waals surface area contributed by atoms with Crippen molar-refractivity contribution in [2.24, 2.45) is 0 Å². The zero-order valence-corrected chi connectivity index (χ0v) is 18.1. The third-order valence-corrected chi connectivity index (χ3v) is 5.84. The fourth-order valence-corrected chi connectivity index (χ4v) is 3.63. The van der Waals surface area contributed by atoms with Gasteiger partial charge in [0, 0.05) is 29.1 Å². The van der Waals surface area contributed by atoms with Gasteiger partial charge in [-0.1, -0.05) is 12.1 Å². The predicted molar refractivity (Wildman–Crippen MR) is 118 cm³/mol. The molecule has 34 heavy (non-hydrogen) atoms. The summed E-state index contributed by atoms with van der Waals surface area (Å²) in [5.74, 6) is 2.16. The van der Waals surface area contributed by atoms with Crippen LogP contribution in [0.3, 0.4) is 0 Å². The fourth-order valence-electron chi connectivity index (χ4n) is 3.63. The Labute approximate surface area is 192 Å². The maximum Gasteiger partial charge on any atom is 0.331 e. The lowest BCUT2D eigenvalue weighted by Gasteiger charge is -2.07. The molecule has 0 spiro atoms. The number of rotatable bonds is 6. The van der Waals surface area contributed by atoms with Gasteiger partial charge in [0.25, 0.3) is 0 Å². The normalized spacial score (nSPS) is 14.3. The summed E-state index contributed by atoms with van der Waals surface area (Å²) in [5.41, 5.74) is 1.45. The minimum atomic E-state index is -0.327. The lowest BCUT2D eigenvalue weighted by molar-refractivity contribution is 0.254. The Bertz CT molecular complexity index is 1480. The van der Waals surface area contributed by atoms with Crippen LogP contribution >= 0.6 is 0 Å². The van der Waals surface area contributed by atoms with Crippen molar-refractivity contribution in [2.45, 2.75) is 31.7 Å². The van der Waals surface area contributed by atoms with Crippen molar-refractivity contribution in [1.29, 1.82) is 0 Å². The highest BCUT2D eigenvalue weighted by molar-refractivity contribution is 5.98. The molecule has 6 rings (SSSR count). The van der Waals surface area contributed by atoms with Crippen LogP contribution in [0.4, 0.5) is 10.6 Å². The summed E-state index contributed by atoms with van der Waals surface area (Å²) in [5, 5.41) is 19.1. The summed E-state index contributed by atoms with van der Waals surface area (Å²) in [6, 6.07) is 10.4. The Kier molecular flexibility index (Phi) is 4.57. The second-order valence-corrected chi connectivity index (χ2v) is 8.39. The number of carbonyl (C=O) groups is 1. The van der Waals surface area contributed by atoms with E-state index in [1.165, 1.54) is 22.0 Å². The summed E-state index contributed by atoms with van der Waals surface area (Å²) in [6.07, 6.45) is 6.60. The monoisotopic (exact) mass is 457 g/mol. The minimum absolute atomic E-state index is 0.0459. The van der Waals surface area contributed by atoms with Gasteiger partial charge < -0.3 is 9.26 Å². The first-order valence-electron chi connectivity index (χ1n) is 10.6. The van der Waals surface area contributed by atoms with Gasteiger partial charge in [0.2, 0.25) is 5.88 Å². The van der Waals surface area contributed by atoms with Crippen molar-refractivity contribution in [1.82, 2.24) is 39.9 Å². The standard InChI is InChI=1S/C22H19N9O3/c1-22(5-6-22)18-10-19(28-34-18)27-21(32)30-7-4-14-8-16(2-3-17(14)30)33-20-9-15(23-12-24-20)11-31-26-13-25-29-31/h2-4,7-10,12-13H,5-6,11H2,1H3,(H,27,28,32). The van der Waals surface area contributed by atoms with Crippen LogP contribution in [0.2, 0.25) is 0 Å². The van der Waals surface area contributed by atoms with Gasteiger partial charge in [0.05, 0.1) is 11.2 Å². The molecule has 1 saturated carbocycles. The van der Waals surface area contributed by atoms with Crippen molar-refractivity contribution in [3.8, 4) is 11.6 Å². The van der Waals surface area contributed by atoms with Gasteiger partial charge in [0.1, 0.15) is 24.4 Å². The number of nitrogens with one attached hydrogen (secondary N) is 1. The molecular formula is C22H19N9O3. The predicted octanol–water partition coefficient (Wildman–Crippen LogP) is 3.38. The average molecular weight is 457 g/mol. The summed E-state index contributed by atoms with van der Waals surface area (Å²) < 4.78 is 12.8. The molecule has 1 aliphatic rings. The van der Waals surface area contributed by atoms with Crippen LogP contribution in [0.15, 0.2) is 59.8 Å². The van der Waals surface area contributed by atoms with E-state index in [-0.39, 0.29) is 11.4 Å². The molecule has 4 aromatic heterocycles. The molecule has 5 aromatic rings. The van der Waals surface area contributed by atoms with Gasteiger partial charge in [-0.25, -0.2) is 14.8 Å². The van der Waals surface area contributed by atoms with Crippen LogP contribution in [-0.4, -0.2) is 45.9 Å². The number of hydrogen-bond donors (Lipinski definition) is 1. The zero-order valence-electron chi connectivity index (χ0n) is 18.1. The van der Waals surface area contributed by atoms with Gasteiger partial charge in [-0.15, -0.1) is 10.2 Å². The molecule has 0 saturated heterocycles. The molecule has 4 heterocycles. The summed E-state index contributed by atoms with van der Waals surface area (Å²) in [4.78, 5) is 22.6. The largest absolute Gasteiger partial charge is 0.439 e. The molecule has 1 fully saturated rings. The molecule has 1 amide bonds. The maximum atomic E-state index is 12.8. The fraction of sp³-hybridized carbons (Fsp3) is 0.227. The van der Waals surface area contributed by atoms with Crippen LogP contribution in [0, 0.1) is 0 Å². The molecule has 1 N–H and O–H groups in total. The first kappa shape index (κ1) is 20.0. The minimum Gasteiger partial charge on any atom is -0.439 e. The van der Waals surface area contributed by atoms with Crippen LogP contribution in [0.1, 0.15) is 31.2 Å². The Hall–Kier alpha value is -4.61. The van der Waals surface area contributed by atoms with E-state index in [0.717, 1.165) is 29.5 Å². The topological polar surface area (TPSA) is 139 Å². The van der Waals surface area contributed by atoms with Crippen molar-refractivity contribution in [2.75, 3.05) is 5.32 Å². The third kappa shape index (κ3) is 3.85. The number of benzene rings is 1. The Morgan fingerprint density at radius 1 is 1.18 bits per heavy atom. The number of anilines is 1. The number of fused-ring (bicyclic) bond motifs is 1.